The summed E-state index contributed by atoms with van der Waals surface area (Å²) in [5.41, 5.74) is 0.402. The van der Waals surface area contributed by atoms with Gasteiger partial charge in [-0.2, -0.15) is 0 Å². The summed E-state index contributed by atoms with van der Waals surface area (Å²) < 4.78 is 5.18. The number of furan rings is 1. The molecule has 0 unspecified atom stereocenters. The number of carbonyl (C=O) groups excluding carboxylic acids is 2. The number of likely N-dealkylation sites (N-methyl/N-ethyl adjacent to an activating group) is 1. The minimum atomic E-state index is -0.141. The Morgan fingerprint density at radius 1 is 0.966 bits per heavy atom. The highest BCUT2D eigenvalue weighted by atomic mass is 16.3. The molecule has 0 saturated carbocycles. The Balaban J connectivity index is 1.36. The van der Waals surface area contributed by atoms with Crippen LogP contribution in [0.4, 0.5) is 5.95 Å². The van der Waals surface area contributed by atoms with Gasteiger partial charge in [-0.15, -0.1) is 0 Å². The van der Waals surface area contributed by atoms with Crippen molar-refractivity contribution >= 4 is 17.8 Å². The molecule has 2 saturated heterocycles. The number of piperazine rings is 2. The predicted molar refractivity (Wildman–Crippen MR) is 107 cm³/mol. The summed E-state index contributed by atoms with van der Waals surface area (Å²) in [6, 6.07) is 5.01. The summed E-state index contributed by atoms with van der Waals surface area (Å²) in [7, 11) is 0. The standard InChI is InChI=1S/C20H26N6O3/c1-2-23-7-9-26(10-8-23)20-21-6-5-16(22-20)18(27)24-11-13-25(14-12-24)19(28)17-4-3-15-29-17/h3-6,15H,2,7-14H2,1H3. The summed E-state index contributed by atoms with van der Waals surface area (Å²) in [5.74, 6) is 0.676. The lowest BCUT2D eigenvalue weighted by Gasteiger charge is -2.35. The third-order valence-electron chi connectivity index (χ3n) is 5.55. The van der Waals surface area contributed by atoms with Crippen LogP contribution in [0, 0.1) is 0 Å². The van der Waals surface area contributed by atoms with Gasteiger partial charge in [0.25, 0.3) is 11.8 Å². The van der Waals surface area contributed by atoms with Crippen LogP contribution in [0.2, 0.25) is 0 Å². The van der Waals surface area contributed by atoms with Crippen LogP contribution in [0.3, 0.4) is 0 Å². The van der Waals surface area contributed by atoms with E-state index in [0.717, 1.165) is 32.7 Å². The molecule has 9 heteroatoms. The Bertz CT molecular complexity index is 840. The molecule has 4 heterocycles. The van der Waals surface area contributed by atoms with Gasteiger partial charge >= 0.3 is 0 Å². The van der Waals surface area contributed by atoms with Crippen molar-refractivity contribution in [2.45, 2.75) is 6.92 Å². The third-order valence-corrected chi connectivity index (χ3v) is 5.55. The first-order valence-corrected chi connectivity index (χ1v) is 10.1. The van der Waals surface area contributed by atoms with Gasteiger partial charge in [0, 0.05) is 58.6 Å². The molecule has 0 atom stereocenters. The lowest BCUT2D eigenvalue weighted by atomic mass is 10.2. The Morgan fingerprint density at radius 3 is 2.28 bits per heavy atom. The number of rotatable bonds is 4. The SMILES string of the molecule is CCN1CCN(c2nccc(C(=O)N3CCN(C(=O)c4ccco4)CC3)n2)CC1. The second-order valence-electron chi connectivity index (χ2n) is 7.22. The zero-order valence-corrected chi connectivity index (χ0v) is 16.7. The fourth-order valence-electron chi connectivity index (χ4n) is 3.71. The first-order chi connectivity index (χ1) is 14.2. The molecule has 2 aliphatic heterocycles. The Morgan fingerprint density at radius 2 is 1.66 bits per heavy atom. The van der Waals surface area contributed by atoms with Crippen LogP contribution < -0.4 is 4.90 Å². The van der Waals surface area contributed by atoms with Crippen molar-refractivity contribution in [1.82, 2.24) is 24.7 Å². The Hall–Kier alpha value is -2.94. The molecule has 0 N–H and O–H groups in total. The van der Waals surface area contributed by atoms with Gasteiger partial charge in [0.1, 0.15) is 5.69 Å². The van der Waals surface area contributed by atoms with Crippen molar-refractivity contribution < 1.29 is 14.0 Å². The summed E-state index contributed by atoms with van der Waals surface area (Å²) >= 11 is 0. The van der Waals surface area contributed by atoms with Crippen LogP contribution in [0.15, 0.2) is 35.1 Å². The van der Waals surface area contributed by atoms with E-state index in [0.29, 0.717) is 43.6 Å². The van der Waals surface area contributed by atoms with Crippen LogP contribution in [-0.4, -0.2) is 95.4 Å². The topological polar surface area (TPSA) is 86.0 Å². The van der Waals surface area contributed by atoms with Crippen molar-refractivity contribution in [2.75, 3.05) is 63.8 Å². The molecule has 2 aromatic heterocycles. The average molecular weight is 398 g/mol. The van der Waals surface area contributed by atoms with Gasteiger partial charge in [0.15, 0.2) is 5.76 Å². The van der Waals surface area contributed by atoms with E-state index in [1.807, 2.05) is 0 Å². The Labute approximate surface area is 169 Å². The summed E-state index contributed by atoms with van der Waals surface area (Å²) in [6.45, 7) is 8.77. The Kier molecular flexibility index (Phi) is 5.75. The molecule has 2 amide bonds. The molecular formula is C20H26N6O3. The maximum absolute atomic E-state index is 12.9. The molecule has 0 radical (unpaired) electrons. The zero-order chi connectivity index (χ0) is 20.2. The van der Waals surface area contributed by atoms with Gasteiger partial charge in [0.2, 0.25) is 5.95 Å². The fraction of sp³-hybridized carbons (Fsp3) is 0.500. The van der Waals surface area contributed by atoms with Crippen molar-refractivity contribution in [3.8, 4) is 0 Å². The first-order valence-electron chi connectivity index (χ1n) is 10.1. The van der Waals surface area contributed by atoms with Crippen LogP contribution in [0.25, 0.3) is 0 Å². The van der Waals surface area contributed by atoms with Crippen LogP contribution in [0.5, 0.6) is 0 Å². The van der Waals surface area contributed by atoms with Gasteiger partial charge in [-0.3, -0.25) is 9.59 Å². The van der Waals surface area contributed by atoms with Crippen LogP contribution in [-0.2, 0) is 0 Å². The van der Waals surface area contributed by atoms with Gasteiger partial charge in [-0.1, -0.05) is 6.92 Å². The summed E-state index contributed by atoms with van der Waals surface area (Å²) in [6.07, 6.45) is 3.14. The van der Waals surface area contributed by atoms with Crippen molar-refractivity contribution in [3.05, 3.63) is 42.1 Å². The van der Waals surface area contributed by atoms with E-state index in [4.69, 9.17) is 4.42 Å². The number of carbonyl (C=O) groups is 2. The molecule has 2 fully saturated rings. The van der Waals surface area contributed by atoms with E-state index in [-0.39, 0.29) is 11.8 Å². The molecule has 0 aromatic carbocycles. The van der Waals surface area contributed by atoms with Gasteiger partial charge in [0.05, 0.1) is 6.26 Å². The number of nitrogens with zero attached hydrogens (tertiary/aromatic N) is 6. The molecule has 0 aliphatic carbocycles. The normalized spacial score (nSPS) is 18.2. The minimum absolute atomic E-state index is 0.119. The van der Waals surface area contributed by atoms with E-state index in [2.05, 4.69) is 26.7 Å². The number of amides is 2. The minimum Gasteiger partial charge on any atom is -0.459 e. The van der Waals surface area contributed by atoms with E-state index in [1.165, 1.54) is 6.26 Å². The van der Waals surface area contributed by atoms with E-state index < -0.39 is 0 Å². The number of aromatic nitrogens is 2. The molecule has 0 spiro atoms. The molecule has 0 bridgehead atoms. The highest BCUT2D eigenvalue weighted by Gasteiger charge is 2.28. The molecule has 2 aliphatic rings. The second-order valence-corrected chi connectivity index (χ2v) is 7.22. The maximum atomic E-state index is 12.9. The lowest BCUT2D eigenvalue weighted by Crippen LogP contribution is -2.50. The van der Waals surface area contributed by atoms with Crippen LogP contribution >= 0.6 is 0 Å². The maximum Gasteiger partial charge on any atom is 0.289 e. The smallest absolute Gasteiger partial charge is 0.289 e. The molecule has 9 nitrogen and oxygen atoms in total. The first kappa shape index (κ1) is 19.4. The summed E-state index contributed by atoms with van der Waals surface area (Å²) in [4.78, 5) is 42.2. The van der Waals surface area contributed by atoms with Crippen molar-refractivity contribution in [3.63, 3.8) is 0 Å². The fourth-order valence-corrected chi connectivity index (χ4v) is 3.71. The van der Waals surface area contributed by atoms with Crippen molar-refractivity contribution in [2.24, 2.45) is 0 Å². The monoisotopic (exact) mass is 398 g/mol. The van der Waals surface area contributed by atoms with Crippen LogP contribution in [0.1, 0.15) is 28.0 Å². The molecule has 154 valence electrons. The lowest BCUT2D eigenvalue weighted by molar-refractivity contribution is 0.0515. The van der Waals surface area contributed by atoms with E-state index in [1.54, 1.807) is 34.2 Å². The third kappa shape index (κ3) is 4.24. The van der Waals surface area contributed by atoms with Gasteiger partial charge < -0.3 is 24.0 Å². The van der Waals surface area contributed by atoms with Gasteiger partial charge in [-0.25, -0.2) is 9.97 Å². The van der Waals surface area contributed by atoms with E-state index >= 15 is 0 Å². The summed E-state index contributed by atoms with van der Waals surface area (Å²) in [5, 5.41) is 0. The molecule has 4 rings (SSSR count). The average Bonchev–Trinajstić information content (AvgIpc) is 3.33. The van der Waals surface area contributed by atoms with Gasteiger partial charge in [-0.05, 0) is 24.7 Å². The highest BCUT2D eigenvalue weighted by molar-refractivity contribution is 5.93. The largest absolute Gasteiger partial charge is 0.459 e. The number of hydrogen-bond donors (Lipinski definition) is 0. The predicted octanol–water partition coefficient (Wildman–Crippen LogP) is 0.810. The molecule has 29 heavy (non-hydrogen) atoms. The highest BCUT2D eigenvalue weighted by Crippen LogP contribution is 2.14. The second kappa shape index (κ2) is 8.60. The van der Waals surface area contributed by atoms with Crippen molar-refractivity contribution in [1.29, 1.82) is 0 Å². The quantitative estimate of drug-likeness (QED) is 0.753. The van der Waals surface area contributed by atoms with E-state index in [9.17, 15) is 9.59 Å². The number of anilines is 1. The number of hydrogen-bond acceptors (Lipinski definition) is 7. The molecular weight excluding hydrogens is 372 g/mol. The molecule has 2 aromatic rings. The zero-order valence-electron chi connectivity index (χ0n) is 16.7.